The van der Waals surface area contributed by atoms with Crippen LogP contribution in [0.1, 0.15) is 48.4 Å². The second-order valence-electron chi connectivity index (χ2n) is 13.7. The third-order valence-corrected chi connectivity index (χ3v) is 11.2. The van der Waals surface area contributed by atoms with E-state index in [1.54, 1.807) is 39.9 Å². The lowest BCUT2D eigenvalue weighted by atomic mass is 10.1. The summed E-state index contributed by atoms with van der Waals surface area (Å²) in [6.07, 6.45) is 4.16. The molecule has 5 aromatic rings. The van der Waals surface area contributed by atoms with Gasteiger partial charge in [0.25, 0.3) is 15.7 Å². The number of carbonyl (C=O) groups is 1. The van der Waals surface area contributed by atoms with Crippen LogP contribution >= 0.6 is 0 Å². The van der Waals surface area contributed by atoms with Gasteiger partial charge in [0.15, 0.2) is 0 Å². The third kappa shape index (κ3) is 8.10. The molecule has 2 N–H and O–H groups in total. The molecule has 1 unspecified atom stereocenters. The minimum atomic E-state index is -3.82. The van der Waals surface area contributed by atoms with E-state index in [9.17, 15) is 18.0 Å². The number of anilines is 4. The van der Waals surface area contributed by atoms with Crippen molar-refractivity contribution in [2.24, 2.45) is 0 Å². The lowest BCUT2D eigenvalue weighted by molar-refractivity contribution is 0.147. The van der Waals surface area contributed by atoms with Crippen molar-refractivity contribution in [2.75, 3.05) is 54.4 Å². The average Bonchev–Trinajstić information content (AvgIpc) is 3.19. The number of benzene rings is 3. The van der Waals surface area contributed by atoms with Crippen molar-refractivity contribution in [1.82, 2.24) is 19.9 Å². The number of fused-ring (bicyclic) bond motifs is 2. The number of hydrogen-bond donors (Lipinski definition) is 2. The number of hydrogen-bond acceptors (Lipinski definition) is 11. The molecule has 14 heteroatoms. The molecule has 282 valence electrons. The number of rotatable bonds is 12. The molecule has 2 aromatic heterocycles. The fourth-order valence-corrected chi connectivity index (χ4v) is 7.96. The molecule has 2 aliphatic heterocycles. The zero-order valence-electron chi connectivity index (χ0n) is 30.5. The molecule has 0 saturated carbocycles. The first-order valence-electron chi connectivity index (χ1n) is 18.4. The first-order chi connectivity index (χ1) is 26.2. The number of unbranched alkanes of at least 4 members (excludes halogenated alkanes) is 1. The third-order valence-electron chi connectivity index (χ3n) is 9.83. The normalized spacial score (nSPS) is 15.9. The summed E-state index contributed by atoms with van der Waals surface area (Å²) in [5.41, 5.74) is 5.08. The molecule has 13 nitrogen and oxygen atoms in total. The summed E-state index contributed by atoms with van der Waals surface area (Å²) in [4.78, 5) is 41.3. The average molecular weight is 752 g/mol. The van der Waals surface area contributed by atoms with Crippen LogP contribution in [0, 0.1) is 13.8 Å². The Morgan fingerprint density at radius 1 is 0.981 bits per heavy atom. The number of pyridine rings is 1. The van der Waals surface area contributed by atoms with E-state index >= 15 is 0 Å². The van der Waals surface area contributed by atoms with Crippen LogP contribution in [-0.4, -0.2) is 68.4 Å². The second-order valence-corrected chi connectivity index (χ2v) is 15.3. The van der Waals surface area contributed by atoms with E-state index in [1.165, 1.54) is 0 Å². The van der Waals surface area contributed by atoms with Gasteiger partial charge in [-0.25, -0.2) is 9.78 Å². The number of nitrogens with zero attached hydrogens (tertiary/aromatic N) is 5. The molecule has 54 heavy (non-hydrogen) atoms. The van der Waals surface area contributed by atoms with Gasteiger partial charge in [0.1, 0.15) is 17.9 Å². The zero-order valence-corrected chi connectivity index (χ0v) is 31.3. The van der Waals surface area contributed by atoms with Gasteiger partial charge in [-0.15, -0.1) is 0 Å². The van der Waals surface area contributed by atoms with Gasteiger partial charge in [0.05, 0.1) is 28.9 Å². The molecule has 3 aromatic carbocycles. The van der Waals surface area contributed by atoms with Gasteiger partial charge in [-0.3, -0.25) is 18.4 Å². The Bertz CT molecular complexity index is 2280. The van der Waals surface area contributed by atoms with Crippen molar-refractivity contribution in [3.63, 3.8) is 0 Å². The summed E-state index contributed by atoms with van der Waals surface area (Å²) in [6.45, 7) is 6.79. The Kier molecular flexibility index (Phi) is 11.2. The van der Waals surface area contributed by atoms with Gasteiger partial charge in [0.2, 0.25) is 5.95 Å². The van der Waals surface area contributed by atoms with Crippen LogP contribution in [-0.2, 0) is 25.6 Å². The van der Waals surface area contributed by atoms with E-state index in [2.05, 4.69) is 15.6 Å². The summed E-state index contributed by atoms with van der Waals surface area (Å²) in [6, 6.07) is 23.7. The molecule has 0 aliphatic carbocycles. The van der Waals surface area contributed by atoms with Crippen LogP contribution in [0.5, 0.6) is 0 Å². The Morgan fingerprint density at radius 2 is 1.80 bits per heavy atom. The molecule has 0 radical (unpaired) electrons. The first-order valence-corrected chi connectivity index (χ1v) is 19.8. The van der Waals surface area contributed by atoms with E-state index < -0.39 is 16.2 Å². The zero-order chi connectivity index (χ0) is 37.7. The lowest BCUT2D eigenvalue weighted by Crippen LogP contribution is -2.45. The molecular formula is C40H45N7O6S. The van der Waals surface area contributed by atoms with Gasteiger partial charge < -0.3 is 20.3 Å². The maximum Gasteiger partial charge on any atom is 0.414 e. The summed E-state index contributed by atoms with van der Waals surface area (Å²) in [5.74, 6) is 0.379. The molecule has 1 saturated heterocycles. The Labute approximate surface area is 315 Å². The summed E-state index contributed by atoms with van der Waals surface area (Å²) in [5, 5.41) is 7.39. The first kappa shape index (κ1) is 37.0. The smallest absolute Gasteiger partial charge is 0.414 e. The Balaban J connectivity index is 1.10. The highest BCUT2D eigenvalue weighted by Crippen LogP contribution is 2.40. The number of aromatic nitrogens is 3. The molecular weight excluding hydrogens is 707 g/mol. The van der Waals surface area contributed by atoms with Gasteiger partial charge in [-0.1, -0.05) is 60.2 Å². The van der Waals surface area contributed by atoms with Gasteiger partial charge in [-0.05, 0) is 81.5 Å². The minimum absolute atomic E-state index is 0.0548. The topological polar surface area (TPSA) is 148 Å². The SMILES string of the molecule is Cc1ccc(S(=O)(=O)OCCCCNc2ncc3cc(N4CCN(C(=O)OCc5ccccc5)c5c(C)cccc54)c(=O)n(C4CCCNC4)c3n2)cc1. The highest BCUT2D eigenvalue weighted by atomic mass is 32.2. The number of ether oxygens (including phenoxy) is 1. The minimum Gasteiger partial charge on any atom is -0.444 e. The monoisotopic (exact) mass is 751 g/mol. The maximum atomic E-state index is 14.6. The maximum absolute atomic E-state index is 14.6. The predicted molar refractivity (Wildman–Crippen MR) is 209 cm³/mol. The van der Waals surface area contributed by atoms with Crippen molar-refractivity contribution in [1.29, 1.82) is 0 Å². The van der Waals surface area contributed by atoms with E-state index in [1.807, 2.05) is 73.3 Å². The van der Waals surface area contributed by atoms with Crippen LogP contribution in [0.3, 0.4) is 0 Å². The van der Waals surface area contributed by atoms with Crippen LogP contribution in [0.4, 0.5) is 27.8 Å². The van der Waals surface area contributed by atoms with Crippen molar-refractivity contribution < 1.29 is 22.1 Å². The highest BCUT2D eigenvalue weighted by molar-refractivity contribution is 7.86. The van der Waals surface area contributed by atoms with Gasteiger partial charge in [-0.2, -0.15) is 13.4 Å². The van der Waals surface area contributed by atoms with E-state index in [0.29, 0.717) is 67.4 Å². The summed E-state index contributed by atoms with van der Waals surface area (Å²) in [7, 11) is -3.82. The molecule has 1 amide bonds. The summed E-state index contributed by atoms with van der Waals surface area (Å²) < 4.78 is 37.8. The van der Waals surface area contributed by atoms with Crippen molar-refractivity contribution in [3.8, 4) is 0 Å². The molecule has 7 rings (SSSR count). The molecule has 0 bridgehead atoms. The molecule has 1 atom stereocenters. The standard InChI is InChI=1S/C40H45N7O6S/c1-28-15-17-33(18-16-28)54(50,51)53-23-7-6-20-42-39-43-25-31-24-35(38(48)47(37(31)44-39)32-13-9-19-41-26-32)45-21-22-46(36-29(2)10-8-14-34(36)45)40(49)52-27-30-11-4-3-5-12-30/h3-5,8,10-12,14-18,24-25,32,41H,6-7,9,13,19-23,26-27H2,1-2H3,(H,42,43,44). The largest absolute Gasteiger partial charge is 0.444 e. The Hall–Kier alpha value is -5.31. The quantitative estimate of drug-likeness (QED) is 0.111. The number of piperidine rings is 1. The Morgan fingerprint density at radius 3 is 2.57 bits per heavy atom. The predicted octanol–water partition coefficient (Wildman–Crippen LogP) is 6.23. The fourth-order valence-electron chi connectivity index (χ4n) is 7.02. The fraction of sp³-hybridized carbons (Fsp3) is 0.350. The molecule has 4 heterocycles. The van der Waals surface area contributed by atoms with Crippen LogP contribution in [0.15, 0.2) is 94.7 Å². The van der Waals surface area contributed by atoms with Gasteiger partial charge >= 0.3 is 6.09 Å². The van der Waals surface area contributed by atoms with E-state index in [0.717, 1.165) is 41.8 Å². The van der Waals surface area contributed by atoms with E-state index in [4.69, 9.17) is 13.9 Å². The van der Waals surface area contributed by atoms with Crippen molar-refractivity contribution >= 4 is 50.3 Å². The number of aryl methyl sites for hydroxylation is 2. The number of para-hydroxylation sites is 1. The van der Waals surface area contributed by atoms with Crippen LogP contribution in [0.25, 0.3) is 11.0 Å². The molecule has 2 aliphatic rings. The van der Waals surface area contributed by atoms with Crippen molar-refractivity contribution in [3.05, 3.63) is 112 Å². The lowest BCUT2D eigenvalue weighted by Gasteiger charge is -2.38. The molecule has 0 spiro atoms. The van der Waals surface area contributed by atoms with Crippen LogP contribution < -0.4 is 26.0 Å². The number of amides is 1. The van der Waals surface area contributed by atoms with Gasteiger partial charge in [0, 0.05) is 37.8 Å². The van der Waals surface area contributed by atoms with E-state index in [-0.39, 0.29) is 29.7 Å². The van der Waals surface area contributed by atoms with Crippen molar-refractivity contribution in [2.45, 2.75) is 57.1 Å². The molecule has 1 fully saturated rings. The summed E-state index contributed by atoms with van der Waals surface area (Å²) >= 11 is 0. The number of carbonyl (C=O) groups excluding carboxylic acids is 1. The number of nitrogens with one attached hydrogen (secondary N) is 2. The second kappa shape index (κ2) is 16.4. The van der Waals surface area contributed by atoms with Crippen LogP contribution in [0.2, 0.25) is 0 Å². The highest BCUT2D eigenvalue weighted by Gasteiger charge is 2.32.